The standard InChI is InChI=1S/C16H13BrO2/c17-11-16(13-9-5-2-6-10-13)15(19-16)14(18)12-7-3-1-4-8-12/h1-10,15H,11H2. The second-order valence-electron chi connectivity index (χ2n) is 4.62. The van der Waals surface area contributed by atoms with E-state index >= 15 is 0 Å². The molecule has 0 N–H and O–H groups in total. The largest absolute Gasteiger partial charge is 0.351 e. The van der Waals surface area contributed by atoms with Crippen LogP contribution in [0.4, 0.5) is 0 Å². The molecule has 3 heteroatoms. The van der Waals surface area contributed by atoms with Crippen LogP contribution in [0.2, 0.25) is 0 Å². The van der Waals surface area contributed by atoms with E-state index in [-0.39, 0.29) is 5.78 Å². The number of Topliss-reactive ketones (excluding diaryl/α,β-unsaturated/α-hetero) is 1. The number of carbonyl (C=O) groups excluding carboxylic acids is 1. The van der Waals surface area contributed by atoms with E-state index in [2.05, 4.69) is 15.9 Å². The number of carbonyl (C=O) groups is 1. The van der Waals surface area contributed by atoms with Crippen molar-refractivity contribution in [3.8, 4) is 0 Å². The number of halogens is 1. The zero-order chi connectivity index (χ0) is 13.3. The van der Waals surface area contributed by atoms with Gasteiger partial charge in [0.25, 0.3) is 0 Å². The van der Waals surface area contributed by atoms with Gasteiger partial charge in [0.2, 0.25) is 0 Å². The zero-order valence-corrected chi connectivity index (χ0v) is 11.8. The van der Waals surface area contributed by atoms with Crippen molar-refractivity contribution >= 4 is 21.7 Å². The van der Waals surface area contributed by atoms with Gasteiger partial charge in [-0.05, 0) is 5.56 Å². The molecule has 0 aliphatic carbocycles. The Morgan fingerprint density at radius 2 is 1.63 bits per heavy atom. The van der Waals surface area contributed by atoms with Crippen molar-refractivity contribution in [2.45, 2.75) is 11.7 Å². The monoisotopic (exact) mass is 316 g/mol. The van der Waals surface area contributed by atoms with Gasteiger partial charge < -0.3 is 4.74 Å². The van der Waals surface area contributed by atoms with Crippen LogP contribution in [0.5, 0.6) is 0 Å². The van der Waals surface area contributed by atoms with Crippen molar-refractivity contribution in [1.82, 2.24) is 0 Å². The van der Waals surface area contributed by atoms with E-state index in [9.17, 15) is 4.79 Å². The molecule has 0 saturated carbocycles. The van der Waals surface area contributed by atoms with Crippen LogP contribution >= 0.6 is 15.9 Å². The molecular weight excluding hydrogens is 304 g/mol. The maximum atomic E-state index is 12.4. The molecule has 0 bridgehead atoms. The van der Waals surface area contributed by atoms with Crippen molar-refractivity contribution < 1.29 is 9.53 Å². The third-order valence-electron chi connectivity index (χ3n) is 3.45. The number of benzene rings is 2. The lowest BCUT2D eigenvalue weighted by atomic mass is 9.93. The highest BCUT2D eigenvalue weighted by molar-refractivity contribution is 9.09. The first-order valence-corrected chi connectivity index (χ1v) is 7.28. The first-order chi connectivity index (χ1) is 9.28. The molecule has 2 nitrogen and oxygen atoms in total. The average molecular weight is 317 g/mol. The highest BCUT2D eigenvalue weighted by atomic mass is 79.9. The lowest BCUT2D eigenvalue weighted by Crippen LogP contribution is -2.20. The van der Waals surface area contributed by atoms with Gasteiger partial charge in [0.1, 0.15) is 5.60 Å². The third kappa shape index (κ3) is 2.13. The quantitative estimate of drug-likeness (QED) is 0.490. The number of rotatable bonds is 4. The molecule has 0 radical (unpaired) electrons. The van der Waals surface area contributed by atoms with Gasteiger partial charge in [-0.2, -0.15) is 0 Å². The summed E-state index contributed by atoms with van der Waals surface area (Å²) in [5.41, 5.74) is 1.24. The van der Waals surface area contributed by atoms with E-state index < -0.39 is 11.7 Å². The van der Waals surface area contributed by atoms with Gasteiger partial charge in [-0.25, -0.2) is 0 Å². The minimum Gasteiger partial charge on any atom is -0.351 e. The van der Waals surface area contributed by atoms with Gasteiger partial charge in [0.05, 0.1) is 0 Å². The minimum absolute atomic E-state index is 0.0453. The Morgan fingerprint density at radius 3 is 2.21 bits per heavy atom. The van der Waals surface area contributed by atoms with Crippen LogP contribution in [0, 0.1) is 0 Å². The number of hydrogen-bond acceptors (Lipinski definition) is 2. The number of epoxide rings is 1. The summed E-state index contributed by atoms with van der Waals surface area (Å²) in [6, 6.07) is 19.2. The number of ketones is 1. The molecule has 2 unspecified atom stereocenters. The molecule has 1 aliphatic heterocycles. The van der Waals surface area contributed by atoms with E-state index in [0.717, 1.165) is 5.56 Å². The molecule has 96 valence electrons. The normalized spacial score (nSPS) is 25.0. The highest BCUT2D eigenvalue weighted by Crippen LogP contribution is 2.48. The van der Waals surface area contributed by atoms with Crippen LogP contribution < -0.4 is 0 Å². The average Bonchev–Trinajstić information content (AvgIpc) is 3.24. The molecule has 2 aromatic carbocycles. The van der Waals surface area contributed by atoms with E-state index in [1.165, 1.54) is 0 Å². The number of alkyl halides is 1. The molecule has 1 heterocycles. The molecule has 1 saturated heterocycles. The summed E-state index contributed by atoms with van der Waals surface area (Å²) < 4.78 is 5.76. The summed E-state index contributed by atoms with van der Waals surface area (Å²) in [6.45, 7) is 0. The Labute approximate surface area is 120 Å². The maximum absolute atomic E-state index is 12.4. The molecule has 19 heavy (non-hydrogen) atoms. The van der Waals surface area contributed by atoms with Gasteiger partial charge in [-0.3, -0.25) is 4.79 Å². The molecule has 0 amide bonds. The highest BCUT2D eigenvalue weighted by Gasteiger charge is 2.60. The lowest BCUT2D eigenvalue weighted by Gasteiger charge is -2.09. The summed E-state index contributed by atoms with van der Waals surface area (Å²) in [6.07, 6.45) is -0.392. The Morgan fingerprint density at radius 1 is 1.05 bits per heavy atom. The van der Waals surface area contributed by atoms with Crippen LogP contribution in [-0.2, 0) is 10.3 Å². The van der Waals surface area contributed by atoms with Crippen LogP contribution in [-0.4, -0.2) is 17.2 Å². The smallest absolute Gasteiger partial charge is 0.194 e. The summed E-state index contributed by atoms with van der Waals surface area (Å²) in [4.78, 5) is 12.4. The second-order valence-corrected chi connectivity index (χ2v) is 5.18. The first kappa shape index (κ1) is 12.6. The predicted molar refractivity (Wildman–Crippen MR) is 77.6 cm³/mol. The summed E-state index contributed by atoms with van der Waals surface area (Å²) in [5, 5.41) is 0.618. The van der Waals surface area contributed by atoms with Crippen LogP contribution in [0.3, 0.4) is 0 Å². The molecule has 1 fully saturated rings. The van der Waals surface area contributed by atoms with Gasteiger partial charge in [-0.1, -0.05) is 76.6 Å². The molecule has 0 aromatic heterocycles. The number of ether oxygens (including phenoxy) is 1. The van der Waals surface area contributed by atoms with E-state index in [0.29, 0.717) is 10.9 Å². The van der Waals surface area contributed by atoms with Crippen LogP contribution in [0.25, 0.3) is 0 Å². The summed E-state index contributed by atoms with van der Waals surface area (Å²) >= 11 is 3.47. The van der Waals surface area contributed by atoms with Crippen molar-refractivity contribution in [3.05, 3.63) is 71.8 Å². The summed E-state index contributed by atoms with van der Waals surface area (Å²) in [7, 11) is 0. The SMILES string of the molecule is O=C(c1ccccc1)C1OC1(CBr)c1ccccc1. The fourth-order valence-electron chi connectivity index (χ4n) is 2.31. The fourth-order valence-corrected chi connectivity index (χ4v) is 3.06. The van der Waals surface area contributed by atoms with E-state index in [1.54, 1.807) is 0 Å². The molecule has 1 aliphatic rings. The topological polar surface area (TPSA) is 29.6 Å². The van der Waals surface area contributed by atoms with Crippen LogP contribution in [0.1, 0.15) is 15.9 Å². The van der Waals surface area contributed by atoms with Gasteiger partial charge in [0, 0.05) is 10.9 Å². The van der Waals surface area contributed by atoms with Crippen molar-refractivity contribution in [3.63, 3.8) is 0 Å². The third-order valence-corrected chi connectivity index (χ3v) is 4.28. The van der Waals surface area contributed by atoms with Gasteiger partial charge >= 0.3 is 0 Å². The van der Waals surface area contributed by atoms with Gasteiger partial charge in [0.15, 0.2) is 11.9 Å². The fraction of sp³-hybridized carbons (Fsp3) is 0.188. The number of hydrogen-bond donors (Lipinski definition) is 0. The molecule has 2 aromatic rings. The Balaban J connectivity index is 1.88. The van der Waals surface area contributed by atoms with Crippen molar-refractivity contribution in [2.75, 3.05) is 5.33 Å². The summed E-state index contributed by atoms with van der Waals surface area (Å²) in [5.74, 6) is 0.0453. The predicted octanol–water partition coefficient (Wildman–Crippen LogP) is 3.56. The Bertz CT molecular complexity index is 582. The zero-order valence-electron chi connectivity index (χ0n) is 10.3. The van der Waals surface area contributed by atoms with E-state index in [1.807, 2.05) is 60.7 Å². The van der Waals surface area contributed by atoms with E-state index in [4.69, 9.17) is 4.74 Å². The molecular formula is C16H13BrO2. The second kappa shape index (κ2) is 4.91. The minimum atomic E-state index is -0.506. The molecule has 3 rings (SSSR count). The molecule has 0 spiro atoms. The van der Waals surface area contributed by atoms with Gasteiger partial charge in [-0.15, -0.1) is 0 Å². The molecule has 2 atom stereocenters. The van der Waals surface area contributed by atoms with Crippen molar-refractivity contribution in [1.29, 1.82) is 0 Å². The lowest BCUT2D eigenvalue weighted by molar-refractivity contribution is 0.0953. The Kier molecular flexibility index (Phi) is 3.25. The van der Waals surface area contributed by atoms with Crippen LogP contribution in [0.15, 0.2) is 60.7 Å². The first-order valence-electron chi connectivity index (χ1n) is 6.16. The van der Waals surface area contributed by atoms with Crippen molar-refractivity contribution in [2.24, 2.45) is 0 Å². The Hall–Kier alpha value is -1.45. The maximum Gasteiger partial charge on any atom is 0.194 e.